The van der Waals surface area contributed by atoms with E-state index >= 15 is 0 Å². The Labute approximate surface area is 137 Å². The summed E-state index contributed by atoms with van der Waals surface area (Å²) in [5, 5.41) is 3.84. The largest absolute Gasteiger partial charge is 0.313 e. The first-order valence-corrected chi connectivity index (χ1v) is 9.28. The number of nitrogens with one attached hydrogen (secondary N) is 1. The molecule has 22 heavy (non-hydrogen) atoms. The van der Waals surface area contributed by atoms with Crippen molar-refractivity contribution in [2.45, 2.75) is 72.3 Å². The number of hydrogen-bond donors (Lipinski definition) is 1. The standard InChI is InChI=1S/C21H35N/c1-5-15-22-20(16-17-9-7-6-8-10-17)18-11-13-19(14-12-18)21(2,3)4/h6-10,18-20,22H,5,11-16H2,1-4H3. The van der Waals surface area contributed by atoms with Crippen molar-refractivity contribution in [3.8, 4) is 0 Å². The molecule has 0 aliphatic heterocycles. The van der Waals surface area contributed by atoms with E-state index in [1.54, 1.807) is 0 Å². The first-order valence-electron chi connectivity index (χ1n) is 9.28. The van der Waals surface area contributed by atoms with Crippen LogP contribution in [0.5, 0.6) is 0 Å². The van der Waals surface area contributed by atoms with E-state index in [1.807, 2.05) is 0 Å². The molecule has 1 aliphatic rings. The summed E-state index contributed by atoms with van der Waals surface area (Å²) in [6.45, 7) is 10.7. The zero-order valence-corrected chi connectivity index (χ0v) is 15.1. The minimum atomic E-state index is 0.483. The molecule has 0 bridgehead atoms. The van der Waals surface area contributed by atoms with Gasteiger partial charge in [-0.25, -0.2) is 0 Å². The van der Waals surface area contributed by atoms with Crippen LogP contribution in [-0.4, -0.2) is 12.6 Å². The van der Waals surface area contributed by atoms with E-state index in [9.17, 15) is 0 Å². The summed E-state index contributed by atoms with van der Waals surface area (Å²) in [5.74, 6) is 1.76. The lowest BCUT2D eigenvalue weighted by molar-refractivity contribution is 0.132. The normalized spacial score (nSPS) is 24.2. The first kappa shape index (κ1) is 17.5. The lowest BCUT2D eigenvalue weighted by atomic mass is 9.68. The van der Waals surface area contributed by atoms with Crippen LogP contribution in [0.15, 0.2) is 30.3 Å². The molecule has 1 heteroatoms. The second-order valence-corrected chi connectivity index (χ2v) is 8.23. The molecule has 124 valence electrons. The van der Waals surface area contributed by atoms with Crippen LogP contribution in [0, 0.1) is 17.3 Å². The molecule has 1 aromatic carbocycles. The van der Waals surface area contributed by atoms with E-state index < -0.39 is 0 Å². The molecule has 1 unspecified atom stereocenters. The molecule has 0 aromatic heterocycles. The van der Waals surface area contributed by atoms with Crippen LogP contribution in [0.4, 0.5) is 0 Å². The van der Waals surface area contributed by atoms with Gasteiger partial charge in [0.15, 0.2) is 0 Å². The average molecular weight is 302 g/mol. The Morgan fingerprint density at radius 2 is 1.68 bits per heavy atom. The Morgan fingerprint density at radius 3 is 2.23 bits per heavy atom. The number of rotatable bonds is 6. The van der Waals surface area contributed by atoms with Crippen LogP contribution in [0.25, 0.3) is 0 Å². The van der Waals surface area contributed by atoms with Crippen LogP contribution < -0.4 is 5.32 Å². The van der Waals surface area contributed by atoms with E-state index in [1.165, 1.54) is 44.1 Å². The SMILES string of the molecule is CCCNC(Cc1ccccc1)C1CCC(C(C)(C)C)CC1. The summed E-state index contributed by atoms with van der Waals surface area (Å²) in [6.07, 6.45) is 8.03. The van der Waals surface area contributed by atoms with Crippen molar-refractivity contribution >= 4 is 0 Å². The van der Waals surface area contributed by atoms with E-state index in [0.29, 0.717) is 11.5 Å². The molecule has 1 aromatic rings. The molecule has 0 heterocycles. The fraction of sp³-hybridized carbons (Fsp3) is 0.714. The van der Waals surface area contributed by atoms with Gasteiger partial charge < -0.3 is 5.32 Å². The third-order valence-corrected chi connectivity index (χ3v) is 5.52. The molecule has 1 N–H and O–H groups in total. The highest BCUT2D eigenvalue weighted by Crippen LogP contribution is 2.41. The van der Waals surface area contributed by atoms with Gasteiger partial charge in [0, 0.05) is 6.04 Å². The summed E-state index contributed by atoms with van der Waals surface area (Å²) < 4.78 is 0. The minimum Gasteiger partial charge on any atom is -0.313 e. The highest BCUT2D eigenvalue weighted by molar-refractivity contribution is 5.16. The van der Waals surface area contributed by atoms with E-state index in [2.05, 4.69) is 63.3 Å². The Hall–Kier alpha value is -0.820. The van der Waals surface area contributed by atoms with Gasteiger partial charge in [0.25, 0.3) is 0 Å². The average Bonchev–Trinajstić information content (AvgIpc) is 2.52. The Balaban J connectivity index is 1.95. The van der Waals surface area contributed by atoms with Crippen molar-refractivity contribution in [1.29, 1.82) is 0 Å². The van der Waals surface area contributed by atoms with Gasteiger partial charge in [-0.1, -0.05) is 58.0 Å². The fourth-order valence-corrected chi connectivity index (χ4v) is 3.99. The van der Waals surface area contributed by atoms with Gasteiger partial charge in [-0.3, -0.25) is 0 Å². The molecule has 1 atom stereocenters. The van der Waals surface area contributed by atoms with Crippen LogP contribution >= 0.6 is 0 Å². The smallest absolute Gasteiger partial charge is 0.0136 e. The first-order chi connectivity index (χ1) is 10.5. The maximum atomic E-state index is 3.84. The van der Waals surface area contributed by atoms with E-state index in [4.69, 9.17) is 0 Å². The van der Waals surface area contributed by atoms with E-state index in [0.717, 1.165) is 18.4 Å². The molecular formula is C21H35N. The second-order valence-electron chi connectivity index (χ2n) is 8.23. The zero-order valence-electron chi connectivity index (χ0n) is 15.1. The number of hydrogen-bond acceptors (Lipinski definition) is 1. The molecular weight excluding hydrogens is 266 g/mol. The fourth-order valence-electron chi connectivity index (χ4n) is 3.99. The molecule has 1 saturated carbocycles. The Kier molecular flexibility index (Phi) is 6.50. The van der Waals surface area contributed by atoms with Crippen molar-refractivity contribution in [3.63, 3.8) is 0 Å². The van der Waals surface area contributed by atoms with Crippen LogP contribution in [0.1, 0.15) is 65.4 Å². The van der Waals surface area contributed by atoms with Crippen LogP contribution in [0.2, 0.25) is 0 Å². The predicted octanol–water partition coefficient (Wildman–Crippen LogP) is 5.45. The molecule has 0 radical (unpaired) electrons. The van der Waals surface area contributed by atoms with Gasteiger partial charge in [-0.2, -0.15) is 0 Å². The Morgan fingerprint density at radius 1 is 1.05 bits per heavy atom. The summed E-state index contributed by atoms with van der Waals surface area (Å²) in [4.78, 5) is 0. The van der Waals surface area contributed by atoms with Crippen molar-refractivity contribution in [2.24, 2.45) is 17.3 Å². The summed E-state index contributed by atoms with van der Waals surface area (Å²) in [5.41, 5.74) is 1.96. The van der Waals surface area contributed by atoms with Gasteiger partial charge in [0.05, 0.1) is 0 Å². The van der Waals surface area contributed by atoms with Crippen molar-refractivity contribution in [2.75, 3.05) is 6.54 Å². The molecule has 2 rings (SSSR count). The molecule has 1 fully saturated rings. The van der Waals surface area contributed by atoms with Crippen LogP contribution in [-0.2, 0) is 6.42 Å². The summed E-state index contributed by atoms with van der Waals surface area (Å²) >= 11 is 0. The topological polar surface area (TPSA) is 12.0 Å². The second kappa shape index (κ2) is 8.15. The summed E-state index contributed by atoms with van der Waals surface area (Å²) in [6, 6.07) is 11.7. The van der Waals surface area contributed by atoms with Gasteiger partial charge in [0.2, 0.25) is 0 Å². The highest BCUT2D eigenvalue weighted by Gasteiger charge is 2.32. The van der Waals surface area contributed by atoms with Gasteiger partial charge in [0.1, 0.15) is 0 Å². The lowest BCUT2D eigenvalue weighted by Gasteiger charge is -2.40. The molecule has 1 nitrogen and oxygen atoms in total. The Bertz CT molecular complexity index is 409. The summed E-state index contributed by atoms with van der Waals surface area (Å²) in [7, 11) is 0. The zero-order chi connectivity index (χ0) is 16.0. The monoisotopic (exact) mass is 301 g/mol. The molecule has 0 amide bonds. The molecule has 1 aliphatic carbocycles. The molecule has 0 spiro atoms. The van der Waals surface area contributed by atoms with Crippen molar-refractivity contribution in [3.05, 3.63) is 35.9 Å². The quantitative estimate of drug-likeness (QED) is 0.736. The maximum Gasteiger partial charge on any atom is 0.0136 e. The maximum absolute atomic E-state index is 3.84. The van der Waals surface area contributed by atoms with E-state index in [-0.39, 0.29) is 0 Å². The van der Waals surface area contributed by atoms with Gasteiger partial charge >= 0.3 is 0 Å². The predicted molar refractivity (Wildman–Crippen MR) is 97.1 cm³/mol. The highest BCUT2D eigenvalue weighted by atomic mass is 14.9. The third-order valence-electron chi connectivity index (χ3n) is 5.52. The lowest BCUT2D eigenvalue weighted by Crippen LogP contribution is -2.41. The van der Waals surface area contributed by atoms with Gasteiger partial charge in [-0.05, 0) is 67.9 Å². The van der Waals surface area contributed by atoms with Crippen molar-refractivity contribution in [1.82, 2.24) is 5.32 Å². The number of benzene rings is 1. The minimum absolute atomic E-state index is 0.483. The third kappa shape index (κ3) is 5.12. The van der Waals surface area contributed by atoms with Gasteiger partial charge in [-0.15, -0.1) is 0 Å². The van der Waals surface area contributed by atoms with Crippen LogP contribution in [0.3, 0.4) is 0 Å². The molecule has 0 saturated heterocycles. The van der Waals surface area contributed by atoms with Crippen molar-refractivity contribution < 1.29 is 0 Å².